The van der Waals surface area contributed by atoms with Gasteiger partial charge in [-0.05, 0) is 30.5 Å². The van der Waals surface area contributed by atoms with Crippen LogP contribution in [-0.2, 0) is 27.2 Å². The van der Waals surface area contributed by atoms with Crippen LogP contribution in [0.4, 0.5) is 5.69 Å². The van der Waals surface area contributed by atoms with Crippen LogP contribution in [0.15, 0.2) is 30.7 Å². The van der Waals surface area contributed by atoms with Crippen molar-refractivity contribution in [3.8, 4) is 0 Å². The van der Waals surface area contributed by atoms with E-state index in [1.807, 2.05) is 0 Å². The summed E-state index contributed by atoms with van der Waals surface area (Å²) < 4.78 is 0. The number of primary amides is 1. The third-order valence-corrected chi connectivity index (χ3v) is 5.87. The number of fused-ring (bicyclic) bond motifs is 1. The minimum Gasteiger partial charge on any atom is -0.399 e. The van der Waals surface area contributed by atoms with E-state index in [0.29, 0.717) is 41.9 Å². The fourth-order valence-electron chi connectivity index (χ4n) is 4.26. The summed E-state index contributed by atoms with van der Waals surface area (Å²) in [6.07, 6.45) is 4.65. The van der Waals surface area contributed by atoms with Crippen molar-refractivity contribution < 1.29 is 19.2 Å². The predicted octanol–water partition coefficient (Wildman–Crippen LogP) is -1.15. The van der Waals surface area contributed by atoms with E-state index < -0.39 is 41.8 Å². The van der Waals surface area contributed by atoms with Crippen LogP contribution in [0.3, 0.4) is 0 Å². The maximum atomic E-state index is 13.3. The van der Waals surface area contributed by atoms with Crippen LogP contribution < -0.4 is 22.1 Å². The summed E-state index contributed by atoms with van der Waals surface area (Å²) in [5.41, 5.74) is 13.4. The Kier molecular flexibility index (Phi) is 5.80. The van der Waals surface area contributed by atoms with Crippen molar-refractivity contribution in [1.82, 2.24) is 25.5 Å². The van der Waals surface area contributed by atoms with E-state index >= 15 is 0 Å². The molecule has 1 fully saturated rings. The Balaban J connectivity index is 1.52. The normalized spacial score (nSPS) is 20.9. The topological polar surface area (TPSA) is 176 Å². The molecule has 2 aliphatic rings. The number of carbonyl (C=O) groups excluding carboxylic acids is 4. The van der Waals surface area contributed by atoms with Crippen molar-refractivity contribution in [3.05, 3.63) is 47.5 Å². The first-order valence-corrected chi connectivity index (χ1v) is 10.4. The highest BCUT2D eigenvalue weighted by molar-refractivity contribution is 6.02. The molecule has 2 aliphatic heterocycles. The van der Waals surface area contributed by atoms with Crippen LogP contribution in [0.2, 0.25) is 0 Å². The molecule has 32 heavy (non-hydrogen) atoms. The van der Waals surface area contributed by atoms with Crippen molar-refractivity contribution in [1.29, 1.82) is 0 Å². The Morgan fingerprint density at radius 1 is 1.31 bits per heavy atom. The summed E-state index contributed by atoms with van der Waals surface area (Å²) in [6.45, 7) is 0.383. The van der Waals surface area contributed by atoms with Crippen LogP contribution in [0.1, 0.15) is 34.5 Å². The number of aromatic nitrogens is 2. The van der Waals surface area contributed by atoms with Crippen molar-refractivity contribution in [2.45, 2.75) is 43.8 Å². The van der Waals surface area contributed by atoms with Gasteiger partial charge in [0.2, 0.25) is 17.7 Å². The second-order valence-corrected chi connectivity index (χ2v) is 8.06. The lowest BCUT2D eigenvalue weighted by Gasteiger charge is -2.30. The summed E-state index contributed by atoms with van der Waals surface area (Å²) in [5, 5.41) is 5.42. The van der Waals surface area contributed by atoms with Gasteiger partial charge < -0.3 is 32.0 Å². The number of likely N-dealkylation sites (tertiary alicyclic amines) is 1. The van der Waals surface area contributed by atoms with Gasteiger partial charge in [0.1, 0.15) is 18.1 Å². The van der Waals surface area contributed by atoms with Gasteiger partial charge in [-0.2, -0.15) is 0 Å². The summed E-state index contributed by atoms with van der Waals surface area (Å²) >= 11 is 0. The standard InChI is InChI=1S/C21H25N7O4/c22-12-4-3-11-6-15(26-19(30)14(11)7-12)20(31)27-16(8-13-9-24-10-25-13)21(32)28-5-1-2-17(28)18(23)29/h3-4,7,9-10,15-17H,1-2,5-6,8,22H2,(H2,23,29)(H,24,25)(H,26,30)(H,27,31)/t15-,16-,17-/m0/s1. The summed E-state index contributed by atoms with van der Waals surface area (Å²) in [5.74, 6) is -1.87. The maximum Gasteiger partial charge on any atom is 0.252 e. The molecule has 2 aromatic rings. The highest BCUT2D eigenvalue weighted by atomic mass is 16.2. The zero-order chi connectivity index (χ0) is 22.8. The van der Waals surface area contributed by atoms with Crippen molar-refractivity contribution >= 4 is 29.3 Å². The molecule has 0 radical (unpaired) electrons. The van der Waals surface area contributed by atoms with E-state index in [4.69, 9.17) is 11.5 Å². The van der Waals surface area contributed by atoms with Gasteiger partial charge in [-0.15, -0.1) is 0 Å². The van der Waals surface area contributed by atoms with E-state index in [-0.39, 0.29) is 12.8 Å². The van der Waals surface area contributed by atoms with Crippen LogP contribution in [-0.4, -0.2) is 63.2 Å². The number of hydrogen-bond acceptors (Lipinski definition) is 6. The highest BCUT2D eigenvalue weighted by Crippen LogP contribution is 2.21. The van der Waals surface area contributed by atoms with E-state index in [2.05, 4.69) is 20.6 Å². The molecule has 11 heteroatoms. The molecular weight excluding hydrogens is 414 g/mol. The number of imidazole rings is 1. The van der Waals surface area contributed by atoms with Gasteiger partial charge in [-0.3, -0.25) is 19.2 Å². The molecule has 3 atom stereocenters. The van der Waals surface area contributed by atoms with Gasteiger partial charge >= 0.3 is 0 Å². The van der Waals surface area contributed by atoms with Crippen LogP contribution in [0.25, 0.3) is 0 Å². The molecule has 0 spiro atoms. The molecule has 0 unspecified atom stereocenters. The third kappa shape index (κ3) is 4.27. The first-order valence-electron chi connectivity index (χ1n) is 10.4. The number of rotatable bonds is 6. The number of H-pyrrole nitrogens is 1. The second kappa shape index (κ2) is 8.69. The van der Waals surface area contributed by atoms with Crippen molar-refractivity contribution in [3.63, 3.8) is 0 Å². The predicted molar refractivity (Wildman–Crippen MR) is 114 cm³/mol. The fraction of sp³-hybridized carbons (Fsp3) is 0.381. The molecule has 168 valence electrons. The lowest BCUT2D eigenvalue weighted by molar-refractivity contribution is -0.140. The number of nitrogens with two attached hydrogens (primary N) is 2. The van der Waals surface area contributed by atoms with Gasteiger partial charge in [0.15, 0.2) is 0 Å². The van der Waals surface area contributed by atoms with E-state index in [1.54, 1.807) is 24.4 Å². The number of anilines is 1. The zero-order valence-corrected chi connectivity index (χ0v) is 17.3. The van der Waals surface area contributed by atoms with Gasteiger partial charge in [0.25, 0.3) is 5.91 Å². The van der Waals surface area contributed by atoms with Crippen LogP contribution in [0, 0.1) is 0 Å². The SMILES string of the molecule is NC(=O)[C@@H]1CCCN1C(=O)[C@H](Cc1c[nH]cn1)NC(=O)[C@@H]1Cc2ccc(N)cc2C(=O)N1. The van der Waals surface area contributed by atoms with Gasteiger partial charge in [0, 0.05) is 36.8 Å². The number of carbonyl (C=O) groups is 4. The average molecular weight is 439 g/mol. The second-order valence-electron chi connectivity index (χ2n) is 8.06. The first-order chi connectivity index (χ1) is 15.3. The van der Waals surface area contributed by atoms with E-state index in [9.17, 15) is 19.2 Å². The molecule has 1 aromatic heterocycles. The lowest BCUT2D eigenvalue weighted by atomic mass is 9.94. The molecule has 4 rings (SSSR count). The van der Waals surface area contributed by atoms with Gasteiger partial charge in [-0.1, -0.05) is 6.07 Å². The van der Waals surface area contributed by atoms with Crippen molar-refractivity contribution in [2.75, 3.05) is 12.3 Å². The number of nitrogen functional groups attached to an aromatic ring is 1. The number of nitrogens with zero attached hydrogens (tertiary/aromatic N) is 2. The zero-order valence-electron chi connectivity index (χ0n) is 17.3. The van der Waals surface area contributed by atoms with Gasteiger partial charge in [-0.25, -0.2) is 4.98 Å². The van der Waals surface area contributed by atoms with E-state index in [0.717, 1.165) is 0 Å². The minimum absolute atomic E-state index is 0.129. The number of aromatic amines is 1. The molecule has 1 aromatic carbocycles. The molecule has 4 amide bonds. The Labute approximate surface area is 183 Å². The Hall–Kier alpha value is -3.89. The summed E-state index contributed by atoms with van der Waals surface area (Å²) in [7, 11) is 0. The minimum atomic E-state index is -0.963. The number of hydrogen-bond donors (Lipinski definition) is 5. The lowest BCUT2D eigenvalue weighted by Crippen LogP contribution is -2.58. The van der Waals surface area contributed by atoms with Gasteiger partial charge in [0.05, 0.1) is 12.0 Å². The van der Waals surface area contributed by atoms with E-state index in [1.165, 1.54) is 11.2 Å². The monoisotopic (exact) mass is 439 g/mol. The van der Waals surface area contributed by atoms with Crippen LogP contribution >= 0.6 is 0 Å². The smallest absolute Gasteiger partial charge is 0.252 e. The first kappa shape index (κ1) is 21.3. The molecular formula is C21H25N7O4. The summed E-state index contributed by atoms with van der Waals surface area (Å²) in [4.78, 5) is 58.9. The Bertz CT molecular complexity index is 1050. The maximum absolute atomic E-state index is 13.3. The third-order valence-electron chi connectivity index (χ3n) is 5.87. The molecule has 11 nitrogen and oxygen atoms in total. The fourth-order valence-corrected chi connectivity index (χ4v) is 4.26. The Morgan fingerprint density at radius 3 is 2.84 bits per heavy atom. The van der Waals surface area contributed by atoms with Crippen molar-refractivity contribution in [2.24, 2.45) is 5.73 Å². The molecule has 0 aliphatic carbocycles. The summed E-state index contributed by atoms with van der Waals surface area (Å²) in [6, 6.07) is 2.45. The number of nitrogens with one attached hydrogen (secondary N) is 3. The largest absolute Gasteiger partial charge is 0.399 e. The molecule has 1 saturated heterocycles. The quantitative estimate of drug-likeness (QED) is 0.355. The number of benzene rings is 1. The molecule has 3 heterocycles. The number of amides is 4. The Morgan fingerprint density at radius 2 is 2.12 bits per heavy atom. The average Bonchev–Trinajstić information content (AvgIpc) is 3.45. The van der Waals surface area contributed by atoms with Crippen LogP contribution in [0.5, 0.6) is 0 Å². The molecule has 0 bridgehead atoms. The molecule has 0 saturated carbocycles. The highest BCUT2D eigenvalue weighted by Gasteiger charge is 2.38. The molecule has 7 N–H and O–H groups in total.